The van der Waals surface area contributed by atoms with Crippen LogP contribution in [0.1, 0.15) is 13.8 Å². The first-order chi connectivity index (χ1) is 5.10. The van der Waals surface area contributed by atoms with Crippen molar-refractivity contribution in [1.29, 1.82) is 0 Å². The van der Waals surface area contributed by atoms with Crippen LogP contribution in [0.15, 0.2) is 0 Å². The van der Waals surface area contributed by atoms with Crippen molar-refractivity contribution in [1.82, 2.24) is 0 Å². The molecule has 0 amide bonds. The van der Waals surface area contributed by atoms with Crippen LogP contribution < -0.4 is 0 Å². The van der Waals surface area contributed by atoms with Crippen LogP contribution in [0, 0.1) is 5.41 Å². The van der Waals surface area contributed by atoms with Crippen LogP contribution in [0.3, 0.4) is 0 Å². The third-order valence-corrected chi connectivity index (χ3v) is 3.04. The van der Waals surface area contributed by atoms with E-state index in [1.54, 1.807) is 6.92 Å². The molecule has 0 aromatic heterocycles. The molecule has 0 heterocycles. The van der Waals surface area contributed by atoms with Gasteiger partial charge in [-0.2, -0.15) is 0 Å². The van der Waals surface area contributed by atoms with Crippen molar-refractivity contribution in [2.75, 3.05) is 11.8 Å². The Labute approximate surface area is 76.8 Å². The molecule has 1 radical (unpaired) electrons. The summed E-state index contributed by atoms with van der Waals surface area (Å²) < 4.78 is 4.61. The van der Waals surface area contributed by atoms with Gasteiger partial charge in [-0.05, 0) is 6.92 Å². The van der Waals surface area contributed by atoms with Crippen LogP contribution in [0.5, 0.6) is 0 Å². The lowest BCUT2D eigenvalue weighted by atomic mass is 9.90. The van der Waals surface area contributed by atoms with E-state index in [0.717, 1.165) is 0 Å². The molecule has 0 spiro atoms. The highest BCUT2D eigenvalue weighted by atomic mass is 35.5. The minimum Gasteiger partial charge on any atom is -0.454 e. The Morgan fingerprint density at radius 1 is 1.55 bits per heavy atom. The second kappa shape index (κ2) is 4.83. The largest absolute Gasteiger partial charge is 0.454 e. The van der Waals surface area contributed by atoms with Crippen molar-refractivity contribution < 1.29 is 9.53 Å². The number of hydrogen-bond donors (Lipinski definition) is 0. The Bertz CT molecular complexity index is 124. The standard InChI is InChI=1S/C7H11Cl2O2/c1-6(11-5-10)7(2,3-8)4-9/h6H,3-4H2,1-2H3. The van der Waals surface area contributed by atoms with Crippen LogP contribution in [0.4, 0.5) is 0 Å². The maximum atomic E-state index is 9.86. The van der Waals surface area contributed by atoms with E-state index in [-0.39, 0.29) is 11.5 Å². The van der Waals surface area contributed by atoms with E-state index in [0.29, 0.717) is 11.8 Å². The Kier molecular flexibility index (Phi) is 4.86. The molecule has 0 saturated carbocycles. The molecule has 0 aromatic rings. The highest BCUT2D eigenvalue weighted by molar-refractivity contribution is 6.21. The van der Waals surface area contributed by atoms with Gasteiger partial charge in [-0.15, -0.1) is 23.2 Å². The SMILES string of the molecule is CC(O[C]=O)C(C)(CCl)CCl. The maximum Gasteiger partial charge on any atom is 0.417 e. The zero-order chi connectivity index (χ0) is 8.91. The van der Waals surface area contributed by atoms with Gasteiger partial charge in [0.05, 0.1) is 0 Å². The van der Waals surface area contributed by atoms with Crippen molar-refractivity contribution in [3.8, 4) is 0 Å². The average Bonchev–Trinajstić information content (AvgIpc) is 2.03. The third-order valence-electron chi connectivity index (χ3n) is 1.82. The van der Waals surface area contributed by atoms with Crippen LogP contribution in [-0.2, 0) is 9.53 Å². The minimum absolute atomic E-state index is 0.296. The third kappa shape index (κ3) is 2.88. The first-order valence-corrected chi connectivity index (χ1v) is 4.32. The molecule has 0 N–H and O–H groups in total. The van der Waals surface area contributed by atoms with Gasteiger partial charge in [0.2, 0.25) is 0 Å². The van der Waals surface area contributed by atoms with E-state index < -0.39 is 0 Å². The fourth-order valence-corrected chi connectivity index (χ4v) is 1.19. The molecular formula is C7H11Cl2O2. The summed E-state index contributed by atoms with van der Waals surface area (Å²) in [6, 6.07) is 0. The van der Waals surface area contributed by atoms with Crippen LogP contribution in [0.25, 0.3) is 0 Å². The number of carbonyl (C=O) groups excluding carboxylic acids is 1. The topological polar surface area (TPSA) is 26.3 Å². The van der Waals surface area contributed by atoms with Gasteiger partial charge >= 0.3 is 6.47 Å². The van der Waals surface area contributed by atoms with Crippen LogP contribution >= 0.6 is 23.2 Å². The predicted octanol–water partition coefficient (Wildman–Crippen LogP) is 1.94. The zero-order valence-electron chi connectivity index (χ0n) is 6.56. The number of ether oxygens (including phenoxy) is 1. The molecule has 0 aromatic carbocycles. The molecule has 1 unspecified atom stereocenters. The Morgan fingerprint density at radius 3 is 2.27 bits per heavy atom. The summed E-state index contributed by atoms with van der Waals surface area (Å²) in [5.41, 5.74) is -0.361. The predicted molar refractivity (Wildman–Crippen MR) is 45.8 cm³/mol. The summed E-state index contributed by atoms with van der Waals surface area (Å²) in [5, 5.41) is 0. The lowest BCUT2D eigenvalue weighted by Crippen LogP contribution is -2.35. The summed E-state index contributed by atoms with van der Waals surface area (Å²) in [7, 11) is 0. The smallest absolute Gasteiger partial charge is 0.417 e. The number of alkyl halides is 2. The van der Waals surface area contributed by atoms with Gasteiger partial charge in [0.1, 0.15) is 6.10 Å². The summed E-state index contributed by atoms with van der Waals surface area (Å²) in [4.78, 5) is 9.86. The molecule has 65 valence electrons. The molecule has 0 saturated heterocycles. The number of halogens is 2. The number of rotatable bonds is 5. The Balaban J connectivity index is 4.10. The quantitative estimate of drug-likeness (QED) is 0.631. The summed E-state index contributed by atoms with van der Waals surface area (Å²) in [6.07, 6.45) is -0.296. The van der Waals surface area contributed by atoms with Gasteiger partial charge in [0, 0.05) is 17.2 Å². The second-order valence-corrected chi connectivity index (χ2v) is 3.30. The van der Waals surface area contributed by atoms with E-state index in [1.807, 2.05) is 6.92 Å². The van der Waals surface area contributed by atoms with Crippen molar-refractivity contribution >= 4 is 29.7 Å². The average molecular weight is 198 g/mol. The minimum atomic E-state index is -0.361. The van der Waals surface area contributed by atoms with Gasteiger partial charge in [0.25, 0.3) is 0 Å². The van der Waals surface area contributed by atoms with E-state index in [1.165, 1.54) is 6.47 Å². The van der Waals surface area contributed by atoms with Gasteiger partial charge in [-0.25, -0.2) is 4.79 Å². The van der Waals surface area contributed by atoms with Crippen molar-refractivity contribution in [3.63, 3.8) is 0 Å². The van der Waals surface area contributed by atoms with E-state index >= 15 is 0 Å². The summed E-state index contributed by atoms with van der Waals surface area (Å²) in [5.74, 6) is 0.721. The first-order valence-electron chi connectivity index (χ1n) is 3.25. The van der Waals surface area contributed by atoms with Gasteiger partial charge in [0.15, 0.2) is 0 Å². The molecule has 0 bridgehead atoms. The molecule has 0 fully saturated rings. The summed E-state index contributed by atoms with van der Waals surface area (Å²) in [6.45, 7) is 4.98. The number of hydrogen-bond acceptors (Lipinski definition) is 2. The van der Waals surface area contributed by atoms with Gasteiger partial charge in [-0.1, -0.05) is 6.92 Å². The van der Waals surface area contributed by atoms with E-state index in [9.17, 15) is 4.79 Å². The van der Waals surface area contributed by atoms with Crippen molar-refractivity contribution in [3.05, 3.63) is 0 Å². The highest BCUT2D eigenvalue weighted by Gasteiger charge is 2.31. The van der Waals surface area contributed by atoms with E-state index in [2.05, 4.69) is 4.74 Å². The van der Waals surface area contributed by atoms with Crippen molar-refractivity contribution in [2.24, 2.45) is 5.41 Å². The molecule has 11 heavy (non-hydrogen) atoms. The second-order valence-electron chi connectivity index (χ2n) is 2.76. The van der Waals surface area contributed by atoms with Gasteiger partial charge in [-0.3, -0.25) is 0 Å². The zero-order valence-corrected chi connectivity index (χ0v) is 8.08. The molecule has 0 aliphatic rings. The lowest BCUT2D eigenvalue weighted by Gasteiger charge is -2.29. The normalized spacial score (nSPS) is 14.2. The monoisotopic (exact) mass is 197 g/mol. The lowest BCUT2D eigenvalue weighted by molar-refractivity contribution is 0.0920. The Hall–Kier alpha value is 0.0500. The molecule has 4 heteroatoms. The molecule has 0 rings (SSSR count). The molecule has 0 aliphatic carbocycles. The van der Waals surface area contributed by atoms with Gasteiger partial charge < -0.3 is 4.74 Å². The molecular weight excluding hydrogens is 187 g/mol. The Morgan fingerprint density at radius 2 is 2.00 bits per heavy atom. The first kappa shape index (κ1) is 11.1. The molecule has 1 atom stereocenters. The van der Waals surface area contributed by atoms with Crippen LogP contribution in [0.2, 0.25) is 0 Å². The fraction of sp³-hybridized carbons (Fsp3) is 0.857. The molecule has 0 aliphatic heterocycles. The highest BCUT2D eigenvalue weighted by Crippen LogP contribution is 2.26. The fourth-order valence-electron chi connectivity index (χ4n) is 0.467. The summed E-state index contributed by atoms with van der Waals surface area (Å²) >= 11 is 11.3. The van der Waals surface area contributed by atoms with Crippen molar-refractivity contribution in [2.45, 2.75) is 20.0 Å². The maximum absolute atomic E-state index is 9.86. The van der Waals surface area contributed by atoms with E-state index in [4.69, 9.17) is 23.2 Å². The molecule has 2 nitrogen and oxygen atoms in total. The van der Waals surface area contributed by atoms with Crippen LogP contribution in [-0.4, -0.2) is 24.3 Å².